The molecule has 6 nitrogen and oxygen atoms in total. The molecule has 0 spiro atoms. The Kier molecular flexibility index (Phi) is 5.97. The predicted molar refractivity (Wildman–Crippen MR) is 106 cm³/mol. The predicted octanol–water partition coefficient (Wildman–Crippen LogP) is 2.58. The fourth-order valence-corrected chi connectivity index (χ4v) is 3.70. The molecule has 146 valence electrons. The summed E-state index contributed by atoms with van der Waals surface area (Å²) in [6.07, 6.45) is 0.168. The van der Waals surface area contributed by atoms with Crippen molar-refractivity contribution in [2.75, 3.05) is 13.1 Å². The number of amides is 1. The number of rotatable bonds is 5. The fourth-order valence-electron chi connectivity index (χ4n) is 3.70. The van der Waals surface area contributed by atoms with Gasteiger partial charge in [-0.25, -0.2) is 0 Å². The molecule has 0 bridgehead atoms. The van der Waals surface area contributed by atoms with Crippen molar-refractivity contribution in [1.29, 1.82) is 0 Å². The second-order valence-electron chi connectivity index (χ2n) is 7.54. The van der Waals surface area contributed by atoms with Crippen molar-refractivity contribution < 1.29 is 9.53 Å². The van der Waals surface area contributed by atoms with E-state index in [-0.39, 0.29) is 18.1 Å². The van der Waals surface area contributed by atoms with Crippen LogP contribution in [-0.4, -0.2) is 45.9 Å². The molecule has 27 heavy (non-hydrogen) atoms. The second kappa shape index (κ2) is 8.23. The number of benzene rings is 1. The maximum absolute atomic E-state index is 12.7. The maximum Gasteiger partial charge on any atom is 0.254 e. The summed E-state index contributed by atoms with van der Waals surface area (Å²) in [7, 11) is 1.97. The van der Waals surface area contributed by atoms with E-state index in [9.17, 15) is 4.79 Å². The lowest BCUT2D eigenvalue weighted by Crippen LogP contribution is -2.48. The number of aromatic nitrogens is 2. The Labute approximate surface area is 161 Å². The Morgan fingerprint density at radius 3 is 2.33 bits per heavy atom. The summed E-state index contributed by atoms with van der Waals surface area (Å²) in [5.41, 5.74) is 5.40. The van der Waals surface area contributed by atoms with Gasteiger partial charge in [0.25, 0.3) is 5.91 Å². The number of nitrogens with zero attached hydrogens (tertiary/aromatic N) is 3. The molecule has 2 heterocycles. The van der Waals surface area contributed by atoms with E-state index in [1.54, 1.807) is 0 Å². The highest BCUT2D eigenvalue weighted by Crippen LogP contribution is 2.15. The number of morpholine rings is 1. The average Bonchev–Trinajstić information content (AvgIpc) is 2.87. The number of ether oxygens (including phenoxy) is 1. The molecule has 1 aliphatic rings. The molecule has 1 aliphatic heterocycles. The molecule has 0 unspecified atom stereocenters. The van der Waals surface area contributed by atoms with E-state index in [2.05, 4.69) is 17.3 Å². The number of carbonyl (C=O) groups excluding carboxylic acids is 1. The van der Waals surface area contributed by atoms with Gasteiger partial charge in [0, 0.05) is 50.0 Å². The topological polar surface area (TPSA) is 59.4 Å². The molecular formula is C21H30N4O2. The molecule has 1 aromatic carbocycles. The van der Waals surface area contributed by atoms with Gasteiger partial charge >= 0.3 is 0 Å². The summed E-state index contributed by atoms with van der Waals surface area (Å²) >= 11 is 0. The largest absolute Gasteiger partial charge is 0.372 e. The normalized spacial score (nSPS) is 20.1. The van der Waals surface area contributed by atoms with Gasteiger partial charge in [-0.1, -0.05) is 12.1 Å². The molecule has 6 heteroatoms. The van der Waals surface area contributed by atoms with Gasteiger partial charge in [-0.2, -0.15) is 5.10 Å². The molecule has 1 amide bonds. The average molecular weight is 370 g/mol. The molecule has 0 aliphatic carbocycles. The quantitative estimate of drug-likeness (QED) is 0.879. The zero-order valence-corrected chi connectivity index (χ0v) is 17.0. The molecule has 2 aromatic rings. The number of carbonyl (C=O) groups is 1. The van der Waals surface area contributed by atoms with Crippen LogP contribution in [0, 0.1) is 13.8 Å². The van der Waals surface area contributed by atoms with E-state index in [0.717, 1.165) is 29.9 Å². The monoisotopic (exact) mass is 370 g/mol. The van der Waals surface area contributed by atoms with Crippen molar-refractivity contribution in [2.45, 2.75) is 53.0 Å². The van der Waals surface area contributed by atoms with E-state index in [1.807, 2.05) is 61.7 Å². The van der Waals surface area contributed by atoms with Crippen LogP contribution in [-0.2, 0) is 24.9 Å². The summed E-state index contributed by atoms with van der Waals surface area (Å²) in [4.78, 5) is 14.6. The maximum atomic E-state index is 12.7. The highest BCUT2D eigenvalue weighted by Gasteiger charge is 2.26. The van der Waals surface area contributed by atoms with Crippen molar-refractivity contribution in [3.05, 3.63) is 52.3 Å². The lowest BCUT2D eigenvalue weighted by Gasteiger charge is -2.35. The highest BCUT2D eigenvalue weighted by atomic mass is 16.5. The van der Waals surface area contributed by atoms with Crippen LogP contribution in [0.2, 0.25) is 0 Å². The molecule has 3 rings (SSSR count). The first-order valence-electron chi connectivity index (χ1n) is 9.58. The van der Waals surface area contributed by atoms with Crippen LogP contribution in [0.4, 0.5) is 0 Å². The first kappa shape index (κ1) is 19.6. The molecule has 2 atom stereocenters. The van der Waals surface area contributed by atoms with E-state index >= 15 is 0 Å². The van der Waals surface area contributed by atoms with Crippen LogP contribution in [0.1, 0.15) is 46.7 Å². The Bertz CT molecular complexity index is 787. The highest BCUT2D eigenvalue weighted by molar-refractivity contribution is 5.94. The zero-order valence-electron chi connectivity index (χ0n) is 17.0. The third kappa shape index (κ3) is 4.57. The van der Waals surface area contributed by atoms with Gasteiger partial charge in [0.15, 0.2) is 0 Å². The summed E-state index contributed by atoms with van der Waals surface area (Å²) < 4.78 is 7.63. The SMILES string of the molecule is Cc1nn(C)c(C)c1CNCc1ccc(C(=O)N2C[C@H](C)O[C@@H](C)C2)cc1. The van der Waals surface area contributed by atoms with E-state index in [0.29, 0.717) is 13.1 Å². The molecular weight excluding hydrogens is 340 g/mol. The molecule has 0 radical (unpaired) electrons. The Balaban J connectivity index is 1.56. The molecule has 1 saturated heterocycles. The molecule has 0 saturated carbocycles. The van der Waals surface area contributed by atoms with E-state index in [4.69, 9.17) is 4.74 Å². The van der Waals surface area contributed by atoms with Gasteiger partial charge < -0.3 is 15.0 Å². The van der Waals surface area contributed by atoms with Crippen LogP contribution < -0.4 is 5.32 Å². The first-order valence-corrected chi connectivity index (χ1v) is 9.58. The molecule has 1 aromatic heterocycles. The minimum absolute atomic E-state index is 0.0816. The van der Waals surface area contributed by atoms with Gasteiger partial charge in [0.2, 0.25) is 0 Å². The van der Waals surface area contributed by atoms with Gasteiger partial charge in [-0.3, -0.25) is 9.48 Å². The third-order valence-corrected chi connectivity index (χ3v) is 5.20. The minimum Gasteiger partial charge on any atom is -0.372 e. The molecule has 1 fully saturated rings. The second-order valence-corrected chi connectivity index (χ2v) is 7.54. The number of hydrogen-bond acceptors (Lipinski definition) is 4. The molecule has 1 N–H and O–H groups in total. The van der Waals surface area contributed by atoms with Crippen LogP contribution in [0.25, 0.3) is 0 Å². The number of aryl methyl sites for hydroxylation is 2. The Hall–Kier alpha value is -2.18. The van der Waals surface area contributed by atoms with Crippen molar-refractivity contribution in [3.8, 4) is 0 Å². The van der Waals surface area contributed by atoms with Crippen molar-refractivity contribution >= 4 is 5.91 Å². The van der Waals surface area contributed by atoms with Crippen LogP contribution in [0.5, 0.6) is 0 Å². The van der Waals surface area contributed by atoms with Gasteiger partial charge in [0.1, 0.15) is 0 Å². The van der Waals surface area contributed by atoms with E-state index in [1.165, 1.54) is 11.3 Å². The zero-order chi connectivity index (χ0) is 19.6. The Morgan fingerprint density at radius 2 is 1.78 bits per heavy atom. The summed E-state index contributed by atoms with van der Waals surface area (Å²) in [5, 5.41) is 7.92. The lowest BCUT2D eigenvalue weighted by atomic mass is 10.1. The van der Waals surface area contributed by atoms with Gasteiger partial charge in [0.05, 0.1) is 17.9 Å². The standard InChI is InChI=1S/C21H30N4O2/c1-14-12-25(13-15(2)27-14)21(26)19-8-6-18(7-9-19)10-22-11-20-16(3)23-24(5)17(20)4/h6-9,14-15,22H,10-13H2,1-5H3/t14-,15-/m0/s1. The van der Waals surface area contributed by atoms with Crippen LogP contribution in [0.15, 0.2) is 24.3 Å². The summed E-state index contributed by atoms with van der Waals surface area (Å²) in [5.74, 6) is 0.0816. The van der Waals surface area contributed by atoms with Crippen LogP contribution in [0.3, 0.4) is 0 Å². The van der Waals surface area contributed by atoms with Crippen molar-refractivity contribution in [3.63, 3.8) is 0 Å². The summed E-state index contributed by atoms with van der Waals surface area (Å²) in [6, 6.07) is 7.89. The number of hydrogen-bond donors (Lipinski definition) is 1. The minimum atomic E-state index is 0.0816. The van der Waals surface area contributed by atoms with Crippen molar-refractivity contribution in [1.82, 2.24) is 20.0 Å². The van der Waals surface area contributed by atoms with Crippen molar-refractivity contribution in [2.24, 2.45) is 7.05 Å². The Morgan fingerprint density at radius 1 is 1.15 bits per heavy atom. The fraction of sp³-hybridized carbons (Fsp3) is 0.524. The lowest BCUT2D eigenvalue weighted by molar-refractivity contribution is -0.0586. The smallest absolute Gasteiger partial charge is 0.254 e. The third-order valence-electron chi connectivity index (χ3n) is 5.20. The number of nitrogens with one attached hydrogen (secondary N) is 1. The first-order chi connectivity index (χ1) is 12.8. The van der Waals surface area contributed by atoms with Gasteiger partial charge in [-0.15, -0.1) is 0 Å². The summed E-state index contributed by atoms with van der Waals surface area (Å²) in [6.45, 7) is 11.0. The van der Waals surface area contributed by atoms with E-state index < -0.39 is 0 Å². The van der Waals surface area contributed by atoms with Crippen LogP contribution >= 0.6 is 0 Å². The van der Waals surface area contributed by atoms with Gasteiger partial charge in [-0.05, 0) is 45.4 Å².